The molecule has 0 saturated carbocycles. The van der Waals surface area contributed by atoms with Gasteiger partial charge in [-0.1, -0.05) is 43.4 Å². The highest BCUT2D eigenvalue weighted by Gasteiger charge is 2.51. The van der Waals surface area contributed by atoms with Gasteiger partial charge >= 0.3 is 5.97 Å². The van der Waals surface area contributed by atoms with E-state index in [2.05, 4.69) is 19.6 Å². The molecule has 1 aliphatic heterocycles. The minimum Gasteiger partial charge on any atom is -0.466 e. The lowest BCUT2D eigenvalue weighted by molar-refractivity contribution is -0.142. The molecule has 32 heavy (non-hydrogen) atoms. The molecule has 0 amide bonds. The topological polar surface area (TPSA) is 65.1 Å². The van der Waals surface area contributed by atoms with Gasteiger partial charge in [-0.15, -0.1) is 0 Å². The molecule has 1 aliphatic rings. The number of esters is 1. The van der Waals surface area contributed by atoms with Gasteiger partial charge in [0, 0.05) is 19.7 Å². The molecule has 0 radical (unpaired) electrons. The van der Waals surface area contributed by atoms with Crippen LogP contribution >= 0.6 is 11.6 Å². The number of hydrogen-bond donors (Lipinski definition) is 0. The number of rotatable bonds is 11. The largest absolute Gasteiger partial charge is 0.466 e. The van der Waals surface area contributed by atoms with Crippen LogP contribution in [0.4, 0.5) is 0 Å². The smallest absolute Gasteiger partial charge is 0.310 e. The number of carbonyl (C=O) groups is 1. The summed E-state index contributed by atoms with van der Waals surface area (Å²) in [7, 11) is -2.57. The van der Waals surface area contributed by atoms with Gasteiger partial charge in [0.25, 0.3) is 0 Å². The lowest BCUT2D eigenvalue weighted by atomic mass is 9.87. The Morgan fingerprint density at radius 1 is 1.28 bits per heavy atom. The van der Waals surface area contributed by atoms with E-state index in [9.17, 15) is 9.00 Å². The van der Waals surface area contributed by atoms with Crippen LogP contribution in [0.5, 0.6) is 0 Å². The first-order valence-corrected chi connectivity index (χ1v) is 16.3. The summed E-state index contributed by atoms with van der Waals surface area (Å²) in [6.07, 6.45) is 0.161. The van der Waals surface area contributed by atoms with Crippen molar-refractivity contribution in [3.63, 3.8) is 0 Å². The van der Waals surface area contributed by atoms with Gasteiger partial charge in [-0.2, -0.15) is 4.31 Å². The number of ether oxygens (including phenoxy) is 3. The van der Waals surface area contributed by atoms with E-state index in [1.807, 2.05) is 37.2 Å². The lowest BCUT2D eigenvalue weighted by Gasteiger charge is -2.50. The fraction of sp³-hybridized carbons (Fsp3) is 0.696. The predicted molar refractivity (Wildman–Crippen MR) is 133 cm³/mol. The van der Waals surface area contributed by atoms with E-state index in [4.69, 9.17) is 25.8 Å². The Morgan fingerprint density at radius 2 is 1.94 bits per heavy atom. The standard InChI is InChI=1S/C23H38ClNO5SSi/c1-8-30-21(26)14-18-9-10-19(20(24)13-18)23(15-29-16-23)25(31(27)22(2,3)4)17-28-11-12-32(5,6)7/h9-10,13H,8,11-12,14-17H2,1-7H3. The zero-order valence-corrected chi connectivity index (χ0v) is 23.0. The second-order valence-electron chi connectivity index (χ2n) is 10.4. The first-order chi connectivity index (χ1) is 14.8. The number of carbonyl (C=O) groups excluding carboxylic acids is 1. The van der Waals surface area contributed by atoms with Crippen LogP contribution in [0, 0.1) is 0 Å². The zero-order chi connectivity index (χ0) is 24.2. The van der Waals surface area contributed by atoms with E-state index < -0.39 is 29.3 Å². The van der Waals surface area contributed by atoms with E-state index in [0.29, 0.717) is 31.5 Å². The number of halogens is 1. The van der Waals surface area contributed by atoms with Gasteiger partial charge < -0.3 is 14.2 Å². The molecule has 9 heteroatoms. The molecule has 1 heterocycles. The third-order valence-corrected chi connectivity index (χ3v) is 9.20. The normalized spacial score (nSPS) is 17.2. The summed E-state index contributed by atoms with van der Waals surface area (Å²) in [4.78, 5) is 11.9. The van der Waals surface area contributed by atoms with Crippen molar-refractivity contribution >= 4 is 36.6 Å². The van der Waals surface area contributed by atoms with Crippen molar-refractivity contribution in [3.8, 4) is 0 Å². The summed E-state index contributed by atoms with van der Waals surface area (Å²) in [5.41, 5.74) is 0.975. The van der Waals surface area contributed by atoms with E-state index in [-0.39, 0.29) is 19.1 Å². The molecule has 1 aromatic rings. The molecule has 2 rings (SSSR count). The summed E-state index contributed by atoms with van der Waals surface area (Å²) in [6.45, 7) is 16.5. The summed E-state index contributed by atoms with van der Waals surface area (Å²) in [5, 5.41) is 0.521. The Hall–Kier alpha value is -0.773. The van der Waals surface area contributed by atoms with Gasteiger partial charge in [0.15, 0.2) is 0 Å². The van der Waals surface area contributed by atoms with Crippen molar-refractivity contribution in [3.05, 3.63) is 34.3 Å². The maximum Gasteiger partial charge on any atom is 0.310 e. The molecule has 0 spiro atoms. The Bertz CT molecular complexity index is 818. The number of nitrogens with zero attached hydrogens (tertiary/aromatic N) is 1. The molecule has 6 nitrogen and oxygen atoms in total. The monoisotopic (exact) mass is 503 g/mol. The first kappa shape index (κ1) is 27.5. The van der Waals surface area contributed by atoms with E-state index in [1.165, 1.54) is 0 Å². The van der Waals surface area contributed by atoms with Crippen LogP contribution in [0.3, 0.4) is 0 Å². The minimum atomic E-state index is -1.34. The Balaban J connectivity index is 2.31. The molecular formula is C23H38ClNO5SSi. The number of benzene rings is 1. The highest BCUT2D eigenvalue weighted by molar-refractivity contribution is 7.84. The van der Waals surface area contributed by atoms with Gasteiger partial charge in [0.1, 0.15) is 23.3 Å². The van der Waals surface area contributed by atoms with Crippen molar-refractivity contribution in [2.75, 3.05) is 33.2 Å². The molecule has 0 bridgehead atoms. The Labute approximate surface area is 201 Å². The van der Waals surface area contributed by atoms with Crippen molar-refractivity contribution < 1.29 is 23.2 Å². The summed E-state index contributed by atoms with van der Waals surface area (Å²) >= 11 is 6.70. The van der Waals surface area contributed by atoms with Crippen LogP contribution in [0.1, 0.15) is 38.8 Å². The van der Waals surface area contributed by atoms with Crippen LogP contribution in [0.2, 0.25) is 30.7 Å². The quantitative estimate of drug-likeness (QED) is 0.189. The average Bonchev–Trinajstić information content (AvgIpc) is 2.62. The van der Waals surface area contributed by atoms with Crippen molar-refractivity contribution in [1.29, 1.82) is 0 Å². The molecule has 1 saturated heterocycles. The summed E-state index contributed by atoms with van der Waals surface area (Å²) < 4.78 is 31.7. The maximum atomic E-state index is 13.6. The van der Waals surface area contributed by atoms with Crippen LogP contribution in [0.15, 0.2) is 18.2 Å². The highest BCUT2D eigenvalue weighted by atomic mass is 35.5. The molecule has 1 unspecified atom stereocenters. The molecule has 0 aromatic heterocycles. The molecule has 1 fully saturated rings. The molecule has 182 valence electrons. The van der Waals surface area contributed by atoms with Gasteiger partial charge in [-0.05, 0) is 50.9 Å². The molecule has 1 atom stereocenters. The maximum absolute atomic E-state index is 13.6. The van der Waals surface area contributed by atoms with Crippen LogP contribution in [-0.2, 0) is 42.0 Å². The first-order valence-electron chi connectivity index (χ1n) is 11.1. The minimum absolute atomic E-state index is 0.161. The second kappa shape index (κ2) is 11.1. The average molecular weight is 504 g/mol. The van der Waals surface area contributed by atoms with Gasteiger partial charge in [-0.3, -0.25) is 4.79 Å². The fourth-order valence-electron chi connectivity index (χ4n) is 3.34. The number of hydrogen-bond acceptors (Lipinski definition) is 5. The SMILES string of the molecule is CCOC(=O)Cc1ccc(C2(N(COCC[Si](C)(C)C)S(=O)C(C)(C)C)COC2)c(Cl)c1. The third kappa shape index (κ3) is 7.11. The van der Waals surface area contributed by atoms with Crippen molar-refractivity contribution in [2.45, 2.75) is 70.1 Å². The summed E-state index contributed by atoms with van der Waals surface area (Å²) in [6, 6.07) is 6.62. The second-order valence-corrected chi connectivity index (χ2v) is 18.6. The Morgan fingerprint density at radius 3 is 2.41 bits per heavy atom. The third-order valence-electron chi connectivity index (χ3n) is 5.28. The van der Waals surface area contributed by atoms with Crippen LogP contribution in [-0.4, -0.2) is 60.5 Å². The van der Waals surface area contributed by atoms with Crippen LogP contribution in [0.25, 0.3) is 0 Å². The summed E-state index contributed by atoms with van der Waals surface area (Å²) in [5.74, 6) is -0.288. The molecule has 0 N–H and O–H groups in total. The fourth-order valence-corrected chi connectivity index (χ4v) is 5.83. The van der Waals surface area contributed by atoms with E-state index >= 15 is 0 Å². The zero-order valence-electron chi connectivity index (χ0n) is 20.5. The predicted octanol–water partition coefficient (Wildman–Crippen LogP) is 4.75. The highest BCUT2D eigenvalue weighted by Crippen LogP contribution is 2.42. The lowest BCUT2D eigenvalue weighted by Crippen LogP contribution is -2.62. The van der Waals surface area contributed by atoms with Gasteiger partial charge in [0.2, 0.25) is 0 Å². The molecule has 0 aliphatic carbocycles. The van der Waals surface area contributed by atoms with Gasteiger partial charge in [-0.25, -0.2) is 4.21 Å². The molecular weight excluding hydrogens is 466 g/mol. The van der Waals surface area contributed by atoms with Gasteiger partial charge in [0.05, 0.1) is 31.0 Å². The van der Waals surface area contributed by atoms with E-state index in [1.54, 1.807) is 13.0 Å². The Kier molecular flexibility index (Phi) is 9.53. The van der Waals surface area contributed by atoms with Crippen molar-refractivity contribution in [1.82, 2.24) is 4.31 Å². The van der Waals surface area contributed by atoms with Crippen LogP contribution < -0.4 is 0 Å². The van der Waals surface area contributed by atoms with E-state index in [0.717, 1.165) is 17.2 Å². The van der Waals surface area contributed by atoms with Crippen molar-refractivity contribution in [2.24, 2.45) is 0 Å². The molecule has 1 aromatic carbocycles.